The molecule has 9 nitrogen and oxygen atoms in total. The zero-order chi connectivity index (χ0) is 17.9. The van der Waals surface area contributed by atoms with Crippen molar-refractivity contribution in [2.75, 3.05) is 6.54 Å². The third kappa shape index (κ3) is 7.78. The standard InChI is InChI=1S/C15H18N2O7/c18-12(17-11(14(21)22)6-7-13(19)20)8-16-15(23)24-9-10-4-2-1-3-5-10/h1-5,11H,6-9H2,(H,16,23)(H,17,18)(H,19,20)(H,21,22)/p-2/t11-/m1/s1. The van der Waals surface area contributed by atoms with Crippen molar-refractivity contribution >= 4 is 23.9 Å². The second kappa shape index (κ2) is 9.82. The van der Waals surface area contributed by atoms with E-state index >= 15 is 0 Å². The van der Waals surface area contributed by atoms with Gasteiger partial charge in [-0.3, -0.25) is 4.79 Å². The van der Waals surface area contributed by atoms with Crippen LogP contribution in [0, 0.1) is 0 Å². The van der Waals surface area contributed by atoms with Crippen molar-refractivity contribution in [3.8, 4) is 0 Å². The number of carboxylic acids is 2. The lowest BCUT2D eigenvalue weighted by atomic mass is 10.1. The van der Waals surface area contributed by atoms with Gasteiger partial charge in [-0.2, -0.15) is 0 Å². The highest BCUT2D eigenvalue weighted by Gasteiger charge is 2.14. The Morgan fingerprint density at radius 2 is 1.75 bits per heavy atom. The second-order valence-electron chi connectivity index (χ2n) is 4.77. The zero-order valence-electron chi connectivity index (χ0n) is 12.7. The van der Waals surface area contributed by atoms with Crippen molar-refractivity contribution in [3.63, 3.8) is 0 Å². The van der Waals surface area contributed by atoms with Crippen molar-refractivity contribution in [2.45, 2.75) is 25.5 Å². The van der Waals surface area contributed by atoms with Crippen LogP contribution in [0.15, 0.2) is 30.3 Å². The van der Waals surface area contributed by atoms with Crippen molar-refractivity contribution in [1.29, 1.82) is 0 Å². The topological polar surface area (TPSA) is 148 Å². The first-order valence-electron chi connectivity index (χ1n) is 7.03. The summed E-state index contributed by atoms with van der Waals surface area (Å²) in [5.41, 5.74) is 0.761. The Labute approximate surface area is 137 Å². The first-order chi connectivity index (χ1) is 11.4. The van der Waals surface area contributed by atoms with Gasteiger partial charge < -0.3 is 35.2 Å². The molecule has 0 radical (unpaired) electrons. The van der Waals surface area contributed by atoms with Gasteiger partial charge in [0.05, 0.1) is 12.0 Å². The second-order valence-corrected chi connectivity index (χ2v) is 4.77. The molecule has 0 spiro atoms. The van der Waals surface area contributed by atoms with Gasteiger partial charge in [0.25, 0.3) is 0 Å². The number of aliphatic carboxylic acids is 2. The summed E-state index contributed by atoms with van der Waals surface area (Å²) in [6.45, 7) is -0.510. The summed E-state index contributed by atoms with van der Waals surface area (Å²) in [6, 6.07) is 7.37. The maximum absolute atomic E-state index is 11.5. The van der Waals surface area contributed by atoms with Crippen molar-refractivity contribution < 1.29 is 34.1 Å². The van der Waals surface area contributed by atoms with E-state index in [-0.39, 0.29) is 13.0 Å². The minimum atomic E-state index is -1.63. The minimum absolute atomic E-state index is 0.0155. The number of alkyl carbamates (subject to hydrolysis) is 1. The van der Waals surface area contributed by atoms with E-state index in [0.717, 1.165) is 5.56 Å². The summed E-state index contributed by atoms with van der Waals surface area (Å²) < 4.78 is 4.87. The number of hydrogen-bond acceptors (Lipinski definition) is 7. The Morgan fingerprint density at radius 1 is 1.08 bits per heavy atom. The van der Waals surface area contributed by atoms with Crippen LogP contribution >= 0.6 is 0 Å². The van der Waals surface area contributed by atoms with E-state index in [1.54, 1.807) is 24.3 Å². The molecule has 0 unspecified atom stereocenters. The SMILES string of the molecule is O=C([O-])CC[C@@H](NC(=O)CNC(=O)OCc1ccccc1)C(=O)[O-]. The van der Waals surface area contributed by atoms with Crippen LogP contribution in [0.4, 0.5) is 4.79 Å². The quantitative estimate of drug-likeness (QED) is 0.514. The largest absolute Gasteiger partial charge is 0.550 e. The molecule has 0 aliphatic heterocycles. The Bertz CT molecular complexity index is 589. The van der Waals surface area contributed by atoms with Crippen LogP contribution in [-0.2, 0) is 25.7 Å². The van der Waals surface area contributed by atoms with Crippen LogP contribution < -0.4 is 20.8 Å². The first kappa shape index (κ1) is 18.9. The molecule has 24 heavy (non-hydrogen) atoms. The van der Waals surface area contributed by atoms with Gasteiger partial charge in [0.1, 0.15) is 13.2 Å². The molecule has 1 aromatic rings. The molecular weight excluding hydrogens is 320 g/mol. The van der Waals surface area contributed by atoms with E-state index in [1.165, 1.54) is 0 Å². The molecule has 2 amide bonds. The molecule has 0 heterocycles. The fourth-order valence-electron chi connectivity index (χ4n) is 1.68. The van der Waals surface area contributed by atoms with Crippen LogP contribution in [0.5, 0.6) is 0 Å². The number of benzene rings is 1. The highest BCUT2D eigenvalue weighted by atomic mass is 16.5. The van der Waals surface area contributed by atoms with E-state index in [4.69, 9.17) is 4.74 Å². The Kier molecular flexibility index (Phi) is 7.76. The van der Waals surface area contributed by atoms with E-state index < -0.39 is 42.9 Å². The summed E-state index contributed by atoms with van der Waals surface area (Å²) in [4.78, 5) is 44.1. The number of amides is 2. The molecular formula is C15H16N2O7-2. The van der Waals surface area contributed by atoms with E-state index in [1.807, 2.05) is 11.4 Å². The van der Waals surface area contributed by atoms with Crippen LogP contribution in [-0.4, -0.2) is 36.5 Å². The van der Waals surface area contributed by atoms with Gasteiger partial charge in [0.15, 0.2) is 0 Å². The van der Waals surface area contributed by atoms with Crippen molar-refractivity contribution in [3.05, 3.63) is 35.9 Å². The first-order valence-corrected chi connectivity index (χ1v) is 7.03. The highest BCUT2D eigenvalue weighted by molar-refractivity contribution is 5.86. The normalized spacial score (nSPS) is 11.2. The van der Waals surface area contributed by atoms with Crippen LogP contribution in [0.1, 0.15) is 18.4 Å². The van der Waals surface area contributed by atoms with Crippen LogP contribution in [0.25, 0.3) is 0 Å². The monoisotopic (exact) mass is 336 g/mol. The van der Waals surface area contributed by atoms with Gasteiger partial charge >= 0.3 is 6.09 Å². The predicted octanol–water partition coefficient (Wildman–Crippen LogP) is -2.32. The molecule has 1 atom stereocenters. The maximum atomic E-state index is 11.5. The summed E-state index contributed by atoms with van der Waals surface area (Å²) in [7, 11) is 0. The minimum Gasteiger partial charge on any atom is -0.550 e. The smallest absolute Gasteiger partial charge is 0.407 e. The highest BCUT2D eigenvalue weighted by Crippen LogP contribution is 2.00. The fraction of sp³-hybridized carbons (Fsp3) is 0.333. The number of carbonyl (C=O) groups excluding carboxylic acids is 4. The molecule has 0 aromatic heterocycles. The van der Waals surface area contributed by atoms with Gasteiger partial charge in [-0.1, -0.05) is 30.3 Å². The lowest BCUT2D eigenvalue weighted by Gasteiger charge is -2.20. The average Bonchev–Trinajstić information content (AvgIpc) is 2.55. The van der Waals surface area contributed by atoms with Crippen LogP contribution in [0.3, 0.4) is 0 Å². The summed E-state index contributed by atoms with van der Waals surface area (Å²) in [5, 5.41) is 25.3. The maximum Gasteiger partial charge on any atom is 0.407 e. The predicted molar refractivity (Wildman–Crippen MR) is 75.8 cm³/mol. The van der Waals surface area contributed by atoms with Crippen molar-refractivity contribution in [2.24, 2.45) is 0 Å². The van der Waals surface area contributed by atoms with Gasteiger partial charge in [-0.25, -0.2) is 4.79 Å². The Balaban J connectivity index is 2.31. The number of nitrogens with one attached hydrogen (secondary N) is 2. The number of ether oxygens (including phenoxy) is 1. The van der Waals surface area contributed by atoms with E-state index in [9.17, 15) is 29.4 Å². The number of rotatable bonds is 9. The molecule has 2 N–H and O–H groups in total. The summed E-state index contributed by atoms with van der Waals surface area (Å²) in [6.07, 6.45) is -1.78. The number of carboxylic acid groups (broad SMARTS) is 2. The van der Waals surface area contributed by atoms with Gasteiger partial charge in [-0.15, -0.1) is 0 Å². The Morgan fingerprint density at radius 3 is 2.33 bits per heavy atom. The summed E-state index contributed by atoms with van der Waals surface area (Å²) >= 11 is 0. The average molecular weight is 336 g/mol. The number of hydrogen-bond donors (Lipinski definition) is 2. The van der Waals surface area contributed by atoms with Gasteiger partial charge in [-0.05, 0) is 18.4 Å². The molecule has 0 aliphatic rings. The molecule has 0 bridgehead atoms. The third-order valence-corrected chi connectivity index (χ3v) is 2.86. The van der Waals surface area contributed by atoms with Crippen molar-refractivity contribution in [1.82, 2.24) is 10.6 Å². The fourth-order valence-corrected chi connectivity index (χ4v) is 1.68. The third-order valence-electron chi connectivity index (χ3n) is 2.86. The summed E-state index contributed by atoms with van der Waals surface area (Å²) in [5.74, 6) is -3.89. The lowest BCUT2D eigenvalue weighted by molar-refractivity contribution is -0.310. The van der Waals surface area contributed by atoms with Gasteiger partial charge in [0, 0.05) is 5.97 Å². The molecule has 1 aromatic carbocycles. The molecule has 130 valence electrons. The van der Waals surface area contributed by atoms with E-state index in [2.05, 4.69) is 5.32 Å². The molecule has 1 rings (SSSR count). The molecule has 0 saturated heterocycles. The van der Waals surface area contributed by atoms with E-state index in [0.29, 0.717) is 0 Å². The van der Waals surface area contributed by atoms with Gasteiger partial charge in [0.2, 0.25) is 5.91 Å². The molecule has 9 heteroatoms. The number of carbonyl (C=O) groups is 4. The lowest BCUT2D eigenvalue weighted by Crippen LogP contribution is -2.50. The van der Waals surface area contributed by atoms with Crippen LogP contribution in [0.2, 0.25) is 0 Å². The zero-order valence-corrected chi connectivity index (χ0v) is 12.7. The molecule has 0 aliphatic carbocycles. The molecule has 0 saturated carbocycles. The molecule has 0 fully saturated rings. The Hall–Kier alpha value is -3.10.